The molecular formula is C13H10ClF3N2O3. The molecule has 9 heteroatoms. The molecule has 0 bridgehead atoms. The van der Waals surface area contributed by atoms with Crippen LogP contribution in [0.4, 0.5) is 18.9 Å². The predicted molar refractivity (Wildman–Crippen MR) is 71.6 cm³/mol. The van der Waals surface area contributed by atoms with Crippen LogP contribution in [0.15, 0.2) is 30.5 Å². The van der Waals surface area contributed by atoms with Gasteiger partial charge in [0.1, 0.15) is 11.4 Å². The Bertz CT molecular complexity index is 693. The number of aryl methyl sites for hydroxylation is 1. The fourth-order valence-electron chi connectivity index (χ4n) is 1.69. The molecule has 2 N–H and O–H groups in total. The van der Waals surface area contributed by atoms with Gasteiger partial charge in [-0.1, -0.05) is 11.6 Å². The summed E-state index contributed by atoms with van der Waals surface area (Å²) in [5, 5.41) is 17.3. The molecule has 1 aromatic heterocycles. The van der Waals surface area contributed by atoms with Crippen molar-refractivity contribution in [2.45, 2.75) is 13.1 Å². The van der Waals surface area contributed by atoms with Gasteiger partial charge in [-0.15, -0.1) is 5.23 Å². The van der Waals surface area contributed by atoms with Crippen molar-refractivity contribution in [3.63, 3.8) is 0 Å². The summed E-state index contributed by atoms with van der Waals surface area (Å²) in [6, 6.07) is 4.45. The van der Waals surface area contributed by atoms with Gasteiger partial charge < -0.3 is 4.74 Å². The number of benzene rings is 1. The van der Waals surface area contributed by atoms with Gasteiger partial charge in [-0.25, -0.2) is 4.98 Å². The minimum absolute atomic E-state index is 0.00135. The summed E-state index contributed by atoms with van der Waals surface area (Å²) in [5.74, 6) is -0.0974. The zero-order chi connectivity index (χ0) is 16.5. The molecule has 2 aromatic rings. The molecule has 0 aliphatic carbocycles. The van der Waals surface area contributed by atoms with Gasteiger partial charge in [0.15, 0.2) is 0 Å². The average molecular weight is 335 g/mol. The largest absolute Gasteiger partial charge is 0.439 e. The quantitative estimate of drug-likeness (QED) is 0.812. The molecule has 1 aromatic carbocycles. The molecular weight excluding hydrogens is 325 g/mol. The Morgan fingerprint density at radius 3 is 2.45 bits per heavy atom. The van der Waals surface area contributed by atoms with Crippen LogP contribution in [-0.4, -0.2) is 15.4 Å². The highest BCUT2D eigenvalue weighted by atomic mass is 35.5. The van der Waals surface area contributed by atoms with Crippen LogP contribution in [0.3, 0.4) is 0 Å². The molecule has 2 rings (SSSR count). The summed E-state index contributed by atoms with van der Waals surface area (Å²) in [7, 11) is 0. The number of rotatable bonds is 3. The summed E-state index contributed by atoms with van der Waals surface area (Å²) in [6.45, 7) is 1.55. The smallest absolute Gasteiger partial charge is 0.417 e. The van der Waals surface area contributed by atoms with Gasteiger partial charge in [-0.2, -0.15) is 13.2 Å². The van der Waals surface area contributed by atoms with Crippen LogP contribution in [0.5, 0.6) is 11.6 Å². The van der Waals surface area contributed by atoms with Crippen molar-refractivity contribution in [2.24, 2.45) is 0 Å². The molecule has 0 amide bonds. The number of hydrogen-bond acceptors (Lipinski definition) is 5. The molecule has 0 unspecified atom stereocenters. The summed E-state index contributed by atoms with van der Waals surface area (Å²) in [6.07, 6.45) is -3.50. The second kappa shape index (κ2) is 5.99. The fraction of sp³-hybridized carbons (Fsp3) is 0.154. The molecule has 0 spiro atoms. The predicted octanol–water partition coefficient (Wildman–Crippen LogP) is 4.44. The van der Waals surface area contributed by atoms with E-state index in [0.29, 0.717) is 5.56 Å². The van der Waals surface area contributed by atoms with E-state index in [1.807, 2.05) is 0 Å². The number of ether oxygens (including phenoxy) is 1. The molecule has 0 fully saturated rings. The standard InChI is InChI=1S/C13H10ClF3N2O3/c1-7-4-12(18-6-11(7)19(20)21)22-8-2-3-10(14)9(5-8)13(15,16)17/h2-6,20-21H,1H3. The lowest BCUT2D eigenvalue weighted by atomic mass is 10.2. The first-order valence-electron chi connectivity index (χ1n) is 5.87. The number of anilines is 1. The van der Waals surface area contributed by atoms with Crippen LogP contribution in [0.2, 0.25) is 5.02 Å². The van der Waals surface area contributed by atoms with Gasteiger partial charge in [0.2, 0.25) is 5.88 Å². The summed E-state index contributed by atoms with van der Waals surface area (Å²) < 4.78 is 43.5. The lowest BCUT2D eigenvalue weighted by molar-refractivity contribution is -0.137. The topological polar surface area (TPSA) is 65.8 Å². The first-order chi connectivity index (χ1) is 10.2. The monoisotopic (exact) mass is 334 g/mol. The van der Waals surface area contributed by atoms with E-state index >= 15 is 0 Å². The van der Waals surface area contributed by atoms with Gasteiger partial charge in [-0.3, -0.25) is 10.4 Å². The summed E-state index contributed by atoms with van der Waals surface area (Å²) in [4.78, 5) is 3.77. The molecule has 0 atom stereocenters. The minimum Gasteiger partial charge on any atom is -0.439 e. The second-order valence-electron chi connectivity index (χ2n) is 4.34. The Balaban J connectivity index is 2.30. The van der Waals surface area contributed by atoms with Gasteiger partial charge in [0.05, 0.1) is 16.8 Å². The number of halogens is 4. The first-order valence-corrected chi connectivity index (χ1v) is 6.25. The molecule has 1 heterocycles. The molecule has 5 nitrogen and oxygen atoms in total. The molecule has 0 aliphatic heterocycles. The van der Waals surface area contributed by atoms with Crippen LogP contribution in [0.1, 0.15) is 11.1 Å². The summed E-state index contributed by atoms with van der Waals surface area (Å²) in [5.41, 5.74) is -0.601. The van der Waals surface area contributed by atoms with Crippen molar-refractivity contribution < 1.29 is 28.3 Å². The van der Waals surface area contributed by atoms with Gasteiger partial charge >= 0.3 is 6.18 Å². The number of nitrogens with zero attached hydrogens (tertiary/aromatic N) is 2. The Labute approximate surface area is 128 Å². The zero-order valence-corrected chi connectivity index (χ0v) is 11.9. The molecule has 118 valence electrons. The lowest BCUT2D eigenvalue weighted by Gasteiger charge is -2.13. The van der Waals surface area contributed by atoms with Crippen molar-refractivity contribution in [1.29, 1.82) is 0 Å². The Morgan fingerprint density at radius 1 is 1.23 bits per heavy atom. The molecule has 0 aliphatic rings. The van der Waals surface area contributed by atoms with Crippen LogP contribution < -0.4 is 9.96 Å². The number of alkyl halides is 3. The van der Waals surface area contributed by atoms with Crippen LogP contribution >= 0.6 is 11.6 Å². The van der Waals surface area contributed by atoms with E-state index in [-0.39, 0.29) is 22.5 Å². The van der Waals surface area contributed by atoms with E-state index in [0.717, 1.165) is 18.3 Å². The maximum atomic E-state index is 12.8. The van der Waals surface area contributed by atoms with Gasteiger partial charge in [-0.05, 0) is 30.7 Å². The second-order valence-corrected chi connectivity index (χ2v) is 4.75. The van der Waals surface area contributed by atoms with E-state index in [1.165, 1.54) is 12.1 Å². The third kappa shape index (κ3) is 3.59. The molecule has 0 saturated carbocycles. The van der Waals surface area contributed by atoms with Crippen molar-refractivity contribution in [3.05, 3.63) is 46.6 Å². The van der Waals surface area contributed by atoms with E-state index in [2.05, 4.69) is 4.98 Å². The van der Waals surface area contributed by atoms with Gasteiger partial charge in [0, 0.05) is 6.07 Å². The SMILES string of the molecule is Cc1cc(Oc2ccc(Cl)c(C(F)(F)F)c2)ncc1N(O)O. The molecule has 0 radical (unpaired) electrons. The lowest BCUT2D eigenvalue weighted by Crippen LogP contribution is -2.12. The number of hydrogen-bond donors (Lipinski definition) is 2. The highest BCUT2D eigenvalue weighted by Crippen LogP contribution is 2.37. The first kappa shape index (κ1) is 16.3. The van der Waals surface area contributed by atoms with Crippen molar-refractivity contribution in [3.8, 4) is 11.6 Å². The van der Waals surface area contributed by atoms with E-state index < -0.39 is 16.8 Å². The molecule has 22 heavy (non-hydrogen) atoms. The Kier molecular flexibility index (Phi) is 4.45. The number of pyridine rings is 1. The molecule has 0 saturated heterocycles. The highest BCUT2D eigenvalue weighted by Gasteiger charge is 2.33. The van der Waals surface area contributed by atoms with Crippen molar-refractivity contribution in [2.75, 3.05) is 5.23 Å². The third-order valence-corrected chi connectivity index (χ3v) is 3.07. The Hall–Kier alpha value is -2.03. The minimum atomic E-state index is -4.60. The third-order valence-electron chi connectivity index (χ3n) is 2.74. The maximum Gasteiger partial charge on any atom is 0.417 e. The number of aromatic nitrogens is 1. The van der Waals surface area contributed by atoms with Crippen LogP contribution in [-0.2, 0) is 6.18 Å². The van der Waals surface area contributed by atoms with E-state index in [4.69, 9.17) is 26.8 Å². The van der Waals surface area contributed by atoms with Crippen molar-refractivity contribution >= 4 is 17.3 Å². The van der Waals surface area contributed by atoms with Crippen LogP contribution in [0.25, 0.3) is 0 Å². The van der Waals surface area contributed by atoms with E-state index in [9.17, 15) is 13.2 Å². The van der Waals surface area contributed by atoms with Crippen LogP contribution in [0, 0.1) is 6.92 Å². The summed E-state index contributed by atoms with van der Waals surface area (Å²) >= 11 is 5.51. The fourth-order valence-corrected chi connectivity index (χ4v) is 1.92. The highest BCUT2D eigenvalue weighted by molar-refractivity contribution is 6.31. The van der Waals surface area contributed by atoms with E-state index in [1.54, 1.807) is 6.92 Å². The average Bonchev–Trinajstić information content (AvgIpc) is 2.39. The normalized spacial score (nSPS) is 11.4. The Morgan fingerprint density at radius 2 is 1.91 bits per heavy atom. The van der Waals surface area contributed by atoms with Crippen molar-refractivity contribution in [1.82, 2.24) is 4.98 Å². The van der Waals surface area contributed by atoms with Gasteiger partial charge in [0.25, 0.3) is 0 Å². The maximum absolute atomic E-state index is 12.8. The zero-order valence-electron chi connectivity index (χ0n) is 11.1.